The van der Waals surface area contributed by atoms with Gasteiger partial charge in [0.2, 0.25) is 5.91 Å². The van der Waals surface area contributed by atoms with Crippen LogP contribution in [0.4, 0.5) is 5.82 Å². The Bertz CT molecular complexity index is 375. The first-order valence-electron chi connectivity index (χ1n) is 4.88. The van der Waals surface area contributed by atoms with E-state index in [1.54, 1.807) is 18.3 Å². The van der Waals surface area contributed by atoms with Crippen molar-refractivity contribution in [3.05, 3.63) is 23.9 Å². The maximum Gasteiger partial charge on any atom is 0.248 e. The molecule has 1 aliphatic heterocycles. The molecule has 1 aromatic heterocycles. The minimum absolute atomic E-state index is 0.418. The van der Waals surface area contributed by atoms with Crippen molar-refractivity contribution in [2.75, 3.05) is 25.0 Å². The summed E-state index contributed by atoms with van der Waals surface area (Å²) in [5, 5.41) is 3.19. The number of hydrogen-bond acceptors (Lipinski definition) is 4. The lowest BCUT2D eigenvalue weighted by Gasteiger charge is -2.36. The van der Waals surface area contributed by atoms with Crippen LogP contribution in [0.2, 0.25) is 0 Å². The van der Waals surface area contributed by atoms with E-state index in [1.807, 2.05) is 7.05 Å². The summed E-state index contributed by atoms with van der Waals surface area (Å²) in [5.74, 6) is 0.372. The third-order valence-corrected chi connectivity index (χ3v) is 2.70. The number of likely N-dealkylation sites (N-methyl/N-ethyl adjacent to an activating group) is 1. The van der Waals surface area contributed by atoms with Crippen LogP contribution in [0, 0.1) is 0 Å². The first kappa shape index (κ1) is 9.92. The summed E-state index contributed by atoms with van der Waals surface area (Å²) in [6.45, 7) is 1.91. The fraction of sp³-hybridized carbons (Fsp3) is 0.400. The van der Waals surface area contributed by atoms with Gasteiger partial charge in [-0.2, -0.15) is 0 Å². The number of carbonyl (C=O) groups excluding carboxylic acids is 1. The van der Waals surface area contributed by atoms with Gasteiger partial charge in [0, 0.05) is 31.9 Å². The summed E-state index contributed by atoms with van der Waals surface area (Å²) < 4.78 is 0. The largest absolute Gasteiger partial charge is 0.366 e. The highest BCUT2D eigenvalue weighted by Crippen LogP contribution is 2.15. The molecule has 0 unspecified atom stereocenters. The van der Waals surface area contributed by atoms with E-state index in [1.165, 1.54) is 0 Å². The zero-order valence-electron chi connectivity index (χ0n) is 8.60. The van der Waals surface area contributed by atoms with Gasteiger partial charge in [0.25, 0.3) is 0 Å². The Balaban J connectivity index is 2.19. The smallest absolute Gasteiger partial charge is 0.248 e. The predicted molar refractivity (Wildman–Crippen MR) is 57.8 cm³/mol. The third kappa shape index (κ3) is 1.92. The number of pyridine rings is 1. The van der Waals surface area contributed by atoms with E-state index in [0.717, 1.165) is 18.9 Å². The monoisotopic (exact) mass is 206 g/mol. The van der Waals surface area contributed by atoms with E-state index in [0.29, 0.717) is 11.6 Å². The molecular weight excluding hydrogens is 192 g/mol. The summed E-state index contributed by atoms with van der Waals surface area (Å²) in [6, 6.07) is 3.81. The van der Waals surface area contributed by atoms with Crippen molar-refractivity contribution in [3.8, 4) is 0 Å². The number of primary amides is 1. The molecule has 1 aromatic rings. The van der Waals surface area contributed by atoms with Crippen molar-refractivity contribution in [1.29, 1.82) is 0 Å². The fourth-order valence-electron chi connectivity index (χ4n) is 1.50. The van der Waals surface area contributed by atoms with Crippen LogP contribution >= 0.6 is 0 Å². The molecule has 0 radical (unpaired) electrons. The minimum atomic E-state index is -0.418. The highest BCUT2D eigenvalue weighted by molar-refractivity contribution is 5.93. The average Bonchev–Trinajstić information content (AvgIpc) is 2.15. The molecule has 5 heteroatoms. The zero-order valence-corrected chi connectivity index (χ0v) is 8.60. The Labute approximate surface area is 88.3 Å². The Morgan fingerprint density at radius 2 is 2.40 bits per heavy atom. The summed E-state index contributed by atoms with van der Waals surface area (Å²) in [5.41, 5.74) is 5.71. The van der Waals surface area contributed by atoms with Gasteiger partial charge in [0.05, 0.1) is 6.04 Å². The number of nitrogens with zero attached hydrogens (tertiary/aromatic N) is 2. The number of aromatic nitrogens is 1. The van der Waals surface area contributed by atoms with E-state index in [4.69, 9.17) is 5.73 Å². The minimum Gasteiger partial charge on any atom is -0.366 e. The number of anilines is 1. The van der Waals surface area contributed by atoms with Crippen molar-refractivity contribution in [2.24, 2.45) is 5.73 Å². The maximum atomic E-state index is 11.0. The second kappa shape index (κ2) is 3.86. The van der Waals surface area contributed by atoms with Gasteiger partial charge in [0.1, 0.15) is 5.82 Å². The molecule has 1 amide bonds. The number of hydrogen-bond donors (Lipinski definition) is 2. The number of carbonyl (C=O) groups is 1. The Morgan fingerprint density at radius 3 is 2.93 bits per heavy atom. The van der Waals surface area contributed by atoms with Crippen LogP contribution in [0.25, 0.3) is 0 Å². The highest BCUT2D eigenvalue weighted by Gasteiger charge is 2.22. The summed E-state index contributed by atoms with van der Waals surface area (Å²) in [7, 11) is 1.97. The van der Waals surface area contributed by atoms with Crippen molar-refractivity contribution in [3.63, 3.8) is 0 Å². The molecule has 15 heavy (non-hydrogen) atoms. The van der Waals surface area contributed by atoms with Gasteiger partial charge in [-0.3, -0.25) is 4.79 Å². The second-order valence-corrected chi connectivity index (χ2v) is 3.69. The normalized spacial score (nSPS) is 15.8. The van der Waals surface area contributed by atoms with Gasteiger partial charge in [-0.1, -0.05) is 0 Å². The van der Waals surface area contributed by atoms with Gasteiger partial charge in [-0.25, -0.2) is 4.98 Å². The number of rotatable bonds is 3. The molecule has 1 saturated heterocycles. The van der Waals surface area contributed by atoms with Gasteiger partial charge < -0.3 is 16.0 Å². The molecule has 0 aliphatic carbocycles. The van der Waals surface area contributed by atoms with E-state index in [-0.39, 0.29) is 0 Å². The van der Waals surface area contributed by atoms with Crippen LogP contribution in [-0.4, -0.2) is 37.1 Å². The molecular formula is C10H14N4O. The SMILES string of the molecule is CN(c1cc(C(N)=O)ccn1)C1CNC1. The molecule has 0 aromatic carbocycles. The second-order valence-electron chi connectivity index (χ2n) is 3.69. The van der Waals surface area contributed by atoms with Gasteiger partial charge in [-0.05, 0) is 12.1 Å². The predicted octanol–water partition coefficient (Wildman–Crippen LogP) is -0.411. The summed E-state index contributed by atoms with van der Waals surface area (Å²) in [6.07, 6.45) is 1.61. The number of nitrogens with one attached hydrogen (secondary N) is 1. The van der Waals surface area contributed by atoms with Crippen molar-refractivity contribution in [1.82, 2.24) is 10.3 Å². The molecule has 0 spiro atoms. The molecule has 2 heterocycles. The molecule has 3 N–H and O–H groups in total. The van der Waals surface area contributed by atoms with Gasteiger partial charge in [0.15, 0.2) is 0 Å². The quantitative estimate of drug-likeness (QED) is 0.705. The molecule has 0 bridgehead atoms. The lowest BCUT2D eigenvalue weighted by molar-refractivity contribution is 0.1000. The van der Waals surface area contributed by atoms with Gasteiger partial charge >= 0.3 is 0 Å². The maximum absolute atomic E-state index is 11.0. The third-order valence-electron chi connectivity index (χ3n) is 2.70. The number of nitrogens with two attached hydrogens (primary N) is 1. The molecule has 5 nitrogen and oxygen atoms in total. The van der Waals surface area contributed by atoms with E-state index < -0.39 is 5.91 Å². The molecule has 1 fully saturated rings. The van der Waals surface area contributed by atoms with Crippen molar-refractivity contribution in [2.45, 2.75) is 6.04 Å². The molecule has 80 valence electrons. The average molecular weight is 206 g/mol. The van der Waals surface area contributed by atoms with Crippen LogP contribution in [0.3, 0.4) is 0 Å². The lowest BCUT2D eigenvalue weighted by atomic mass is 10.1. The topological polar surface area (TPSA) is 71.2 Å². The van der Waals surface area contributed by atoms with Crippen LogP contribution in [0.15, 0.2) is 18.3 Å². The van der Waals surface area contributed by atoms with Crippen LogP contribution in [-0.2, 0) is 0 Å². The van der Waals surface area contributed by atoms with Crippen LogP contribution < -0.4 is 16.0 Å². The highest BCUT2D eigenvalue weighted by atomic mass is 16.1. The standard InChI is InChI=1S/C10H14N4O/c1-14(8-5-12-6-8)9-4-7(10(11)15)2-3-13-9/h2-4,8,12H,5-6H2,1H3,(H2,11,15). The summed E-state index contributed by atoms with van der Waals surface area (Å²) in [4.78, 5) is 17.3. The molecule has 1 aliphatic rings. The Kier molecular flexibility index (Phi) is 2.55. The van der Waals surface area contributed by atoms with E-state index in [2.05, 4.69) is 15.2 Å². The molecule has 2 rings (SSSR count). The van der Waals surface area contributed by atoms with Crippen molar-refractivity contribution < 1.29 is 4.79 Å². The summed E-state index contributed by atoms with van der Waals surface area (Å²) >= 11 is 0. The van der Waals surface area contributed by atoms with Crippen LogP contribution in [0.1, 0.15) is 10.4 Å². The Hall–Kier alpha value is -1.62. The first-order chi connectivity index (χ1) is 7.18. The fourth-order valence-corrected chi connectivity index (χ4v) is 1.50. The lowest BCUT2D eigenvalue weighted by Crippen LogP contribution is -2.56. The van der Waals surface area contributed by atoms with E-state index >= 15 is 0 Å². The number of amides is 1. The molecule has 0 atom stereocenters. The van der Waals surface area contributed by atoms with Gasteiger partial charge in [-0.15, -0.1) is 0 Å². The Morgan fingerprint density at radius 1 is 1.67 bits per heavy atom. The zero-order chi connectivity index (χ0) is 10.8. The van der Waals surface area contributed by atoms with Crippen LogP contribution in [0.5, 0.6) is 0 Å². The molecule has 0 saturated carbocycles. The van der Waals surface area contributed by atoms with Crippen molar-refractivity contribution >= 4 is 11.7 Å². The van der Waals surface area contributed by atoms with E-state index in [9.17, 15) is 4.79 Å². The first-order valence-corrected chi connectivity index (χ1v) is 4.88.